The van der Waals surface area contributed by atoms with Crippen LogP contribution in [0.4, 0.5) is 0 Å². The third kappa shape index (κ3) is 3.36. The molecule has 21 heavy (non-hydrogen) atoms. The molecule has 3 rings (SSSR count). The highest BCUT2D eigenvalue weighted by Gasteiger charge is 2.33. The molecule has 1 aromatic heterocycles. The molecule has 1 saturated carbocycles. The number of hydrogen-bond acceptors (Lipinski definition) is 2. The SMILES string of the molecule is O=C(NC(c1ccccc1)C1CC1)c1cc(Cl)ncc1Cl. The zero-order chi connectivity index (χ0) is 14.8. The van der Waals surface area contributed by atoms with E-state index in [0.29, 0.717) is 16.5 Å². The molecule has 1 atom stereocenters. The normalized spacial score (nSPS) is 15.5. The minimum atomic E-state index is -0.218. The van der Waals surface area contributed by atoms with Gasteiger partial charge in [0.15, 0.2) is 0 Å². The molecule has 1 aliphatic carbocycles. The number of halogens is 2. The average Bonchev–Trinajstić information content (AvgIpc) is 3.32. The van der Waals surface area contributed by atoms with Crippen LogP contribution in [0.2, 0.25) is 10.2 Å². The number of benzene rings is 1. The van der Waals surface area contributed by atoms with E-state index in [4.69, 9.17) is 23.2 Å². The monoisotopic (exact) mass is 320 g/mol. The van der Waals surface area contributed by atoms with Crippen LogP contribution in [0.1, 0.15) is 34.8 Å². The molecular weight excluding hydrogens is 307 g/mol. The first-order valence-electron chi connectivity index (χ1n) is 6.82. The highest BCUT2D eigenvalue weighted by molar-refractivity contribution is 6.35. The topological polar surface area (TPSA) is 42.0 Å². The minimum absolute atomic E-state index is 0.0155. The Morgan fingerprint density at radius 2 is 1.95 bits per heavy atom. The maximum atomic E-state index is 12.5. The number of carbonyl (C=O) groups is 1. The molecule has 5 heteroatoms. The molecule has 108 valence electrons. The Morgan fingerprint density at radius 3 is 2.62 bits per heavy atom. The molecule has 3 nitrogen and oxygen atoms in total. The number of rotatable bonds is 4. The third-order valence-corrected chi connectivity index (χ3v) is 4.11. The van der Waals surface area contributed by atoms with Gasteiger partial charge in [0.05, 0.1) is 16.6 Å². The molecule has 0 saturated heterocycles. The van der Waals surface area contributed by atoms with Crippen molar-refractivity contribution in [2.24, 2.45) is 5.92 Å². The van der Waals surface area contributed by atoms with Gasteiger partial charge < -0.3 is 5.32 Å². The van der Waals surface area contributed by atoms with Crippen molar-refractivity contribution in [3.63, 3.8) is 0 Å². The van der Waals surface area contributed by atoms with Gasteiger partial charge in [-0.2, -0.15) is 0 Å². The second-order valence-electron chi connectivity index (χ2n) is 5.19. The summed E-state index contributed by atoms with van der Waals surface area (Å²) < 4.78 is 0. The summed E-state index contributed by atoms with van der Waals surface area (Å²) >= 11 is 11.9. The Morgan fingerprint density at radius 1 is 1.24 bits per heavy atom. The van der Waals surface area contributed by atoms with Crippen molar-refractivity contribution in [3.8, 4) is 0 Å². The van der Waals surface area contributed by atoms with Crippen LogP contribution < -0.4 is 5.32 Å². The van der Waals surface area contributed by atoms with E-state index in [1.54, 1.807) is 0 Å². The quantitative estimate of drug-likeness (QED) is 0.855. The van der Waals surface area contributed by atoms with Crippen molar-refractivity contribution in [1.29, 1.82) is 0 Å². The molecule has 0 radical (unpaired) electrons. The summed E-state index contributed by atoms with van der Waals surface area (Å²) in [5.74, 6) is 0.275. The zero-order valence-corrected chi connectivity index (χ0v) is 12.7. The van der Waals surface area contributed by atoms with Gasteiger partial charge in [0.2, 0.25) is 0 Å². The van der Waals surface area contributed by atoms with Gasteiger partial charge in [-0.1, -0.05) is 53.5 Å². The summed E-state index contributed by atoms with van der Waals surface area (Å²) in [6.45, 7) is 0. The van der Waals surface area contributed by atoms with E-state index < -0.39 is 0 Å². The molecule has 0 bridgehead atoms. The van der Waals surface area contributed by atoms with Gasteiger partial charge in [-0.15, -0.1) is 0 Å². The maximum absolute atomic E-state index is 12.5. The van der Waals surface area contributed by atoms with Gasteiger partial charge in [-0.3, -0.25) is 4.79 Å². The first kappa shape index (κ1) is 14.4. The Balaban J connectivity index is 1.83. The second-order valence-corrected chi connectivity index (χ2v) is 5.98. The average molecular weight is 321 g/mol. The summed E-state index contributed by atoms with van der Waals surface area (Å²) in [7, 11) is 0. The molecule has 1 heterocycles. The fourth-order valence-corrected chi connectivity index (χ4v) is 2.72. The van der Waals surface area contributed by atoms with E-state index in [9.17, 15) is 4.79 Å². The predicted octanol–water partition coefficient (Wildman–Crippen LogP) is 4.27. The molecule has 1 amide bonds. The van der Waals surface area contributed by atoms with E-state index >= 15 is 0 Å². The summed E-state index contributed by atoms with van der Waals surface area (Å²) in [4.78, 5) is 16.3. The van der Waals surface area contributed by atoms with Gasteiger partial charge in [0.1, 0.15) is 5.15 Å². The molecular formula is C16H14Cl2N2O. The molecule has 2 aromatic rings. The number of carbonyl (C=O) groups excluding carboxylic acids is 1. The number of aromatic nitrogens is 1. The lowest BCUT2D eigenvalue weighted by Gasteiger charge is -2.19. The van der Waals surface area contributed by atoms with Crippen LogP contribution in [-0.2, 0) is 0 Å². The number of hydrogen-bond donors (Lipinski definition) is 1. The molecule has 1 N–H and O–H groups in total. The van der Waals surface area contributed by atoms with Crippen molar-refractivity contribution in [2.45, 2.75) is 18.9 Å². The standard InChI is InChI=1S/C16H14Cl2N2O/c17-13-9-19-14(18)8-12(13)16(21)20-15(11-6-7-11)10-4-2-1-3-5-10/h1-5,8-9,11,15H,6-7H2,(H,20,21). The Kier molecular flexibility index (Phi) is 4.13. The Labute approximate surface area is 133 Å². The number of nitrogens with zero attached hydrogens (tertiary/aromatic N) is 1. The van der Waals surface area contributed by atoms with Crippen molar-refractivity contribution in [1.82, 2.24) is 10.3 Å². The lowest BCUT2D eigenvalue weighted by Crippen LogP contribution is -2.30. The van der Waals surface area contributed by atoms with Gasteiger partial charge in [-0.05, 0) is 30.4 Å². The highest BCUT2D eigenvalue weighted by Crippen LogP contribution is 2.41. The van der Waals surface area contributed by atoms with Gasteiger partial charge >= 0.3 is 0 Å². The van der Waals surface area contributed by atoms with E-state index in [0.717, 1.165) is 18.4 Å². The fourth-order valence-electron chi connectivity index (χ4n) is 2.37. The molecule has 1 aromatic carbocycles. The van der Waals surface area contributed by atoms with Crippen LogP contribution in [-0.4, -0.2) is 10.9 Å². The Bertz CT molecular complexity index is 657. The molecule has 1 fully saturated rings. The van der Waals surface area contributed by atoms with Gasteiger partial charge in [-0.25, -0.2) is 4.98 Å². The van der Waals surface area contributed by atoms with E-state index in [2.05, 4.69) is 10.3 Å². The van der Waals surface area contributed by atoms with Crippen LogP contribution in [0.3, 0.4) is 0 Å². The summed E-state index contributed by atoms with van der Waals surface area (Å²) in [5, 5.41) is 3.63. The fraction of sp³-hybridized carbons (Fsp3) is 0.250. The smallest absolute Gasteiger partial charge is 0.253 e. The van der Waals surface area contributed by atoms with Crippen LogP contribution in [0.15, 0.2) is 42.6 Å². The number of nitrogens with one attached hydrogen (secondary N) is 1. The molecule has 1 aliphatic rings. The molecule has 1 unspecified atom stereocenters. The van der Waals surface area contributed by atoms with E-state index in [-0.39, 0.29) is 17.1 Å². The van der Waals surface area contributed by atoms with E-state index in [1.807, 2.05) is 30.3 Å². The van der Waals surface area contributed by atoms with Crippen LogP contribution in [0.5, 0.6) is 0 Å². The largest absolute Gasteiger partial charge is 0.345 e. The van der Waals surface area contributed by atoms with Crippen molar-refractivity contribution in [2.75, 3.05) is 0 Å². The predicted molar refractivity (Wildman–Crippen MR) is 83.6 cm³/mol. The second kappa shape index (κ2) is 6.04. The molecule has 0 spiro atoms. The zero-order valence-electron chi connectivity index (χ0n) is 11.2. The Hall–Kier alpha value is -1.58. The minimum Gasteiger partial charge on any atom is -0.345 e. The van der Waals surface area contributed by atoms with Crippen molar-refractivity contribution in [3.05, 3.63) is 63.9 Å². The number of pyridine rings is 1. The first-order valence-corrected chi connectivity index (χ1v) is 7.57. The first-order chi connectivity index (χ1) is 10.1. The lowest BCUT2D eigenvalue weighted by atomic mass is 10.0. The van der Waals surface area contributed by atoms with Crippen LogP contribution >= 0.6 is 23.2 Å². The lowest BCUT2D eigenvalue weighted by molar-refractivity contribution is 0.0931. The van der Waals surface area contributed by atoms with Crippen molar-refractivity contribution < 1.29 is 4.79 Å². The third-order valence-electron chi connectivity index (χ3n) is 3.61. The van der Waals surface area contributed by atoms with Gasteiger partial charge in [0, 0.05) is 6.20 Å². The van der Waals surface area contributed by atoms with Crippen LogP contribution in [0, 0.1) is 5.92 Å². The number of amides is 1. The van der Waals surface area contributed by atoms with Crippen molar-refractivity contribution >= 4 is 29.1 Å². The van der Waals surface area contributed by atoms with Crippen LogP contribution in [0.25, 0.3) is 0 Å². The van der Waals surface area contributed by atoms with Gasteiger partial charge in [0.25, 0.3) is 5.91 Å². The summed E-state index contributed by atoms with van der Waals surface area (Å²) in [6, 6.07) is 11.5. The molecule has 0 aliphatic heterocycles. The summed E-state index contributed by atoms with van der Waals surface area (Å²) in [5.41, 5.74) is 1.47. The summed E-state index contributed by atoms with van der Waals surface area (Å²) in [6.07, 6.45) is 3.66. The van der Waals surface area contributed by atoms with E-state index in [1.165, 1.54) is 12.3 Å². The highest BCUT2D eigenvalue weighted by atomic mass is 35.5. The maximum Gasteiger partial charge on any atom is 0.253 e.